The van der Waals surface area contributed by atoms with Gasteiger partial charge in [0.25, 0.3) is 0 Å². The van der Waals surface area contributed by atoms with Crippen LogP contribution in [0.5, 0.6) is 5.75 Å². The third kappa shape index (κ3) is 1.97. The van der Waals surface area contributed by atoms with E-state index in [1.165, 1.54) is 11.8 Å². The number of benzene rings is 1. The minimum Gasteiger partial charge on any atom is -0.497 e. The van der Waals surface area contributed by atoms with Gasteiger partial charge in [0.05, 0.1) is 13.7 Å². The highest BCUT2D eigenvalue weighted by Gasteiger charge is 2.45. The Labute approximate surface area is 104 Å². The van der Waals surface area contributed by atoms with Gasteiger partial charge in [0.1, 0.15) is 5.75 Å². The number of urea groups is 1. The molecular formula is C12H14N2O4. The number of carboxylic acids is 1. The van der Waals surface area contributed by atoms with Crippen molar-refractivity contribution in [3.05, 3.63) is 24.3 Å². The van der Waals surface area contributed by atoms with E-state index in [2.05, 4.69) is 5.32 Å². The predicted molar refractivity (Wildman–Crippen MR) is 64.9 cm³/mol. The summed E-state index contributed by atoms with van der Waals surface area (Å²) < 4.78 is 5.02. The maximum atomic E-state index is 11.8. The molecule has 2 amide bonds. The summed E-state index contributed by atoms with van der Waals surface area (Å²) in [5, 5.41) is 11.5. The number of amides is 2. The summed E-state index contributed by atoms with van der Waals surface area (Å²) in [4.78, 5) is 24.3. The van der Waals surface area contributed by atoms with Gasteiger partial charge in [0.2, 0.25) is 0 Å². The second-order valence-corrected chi connectivity index (χ2v) is 4.35. The smallest absolute Gasteiger partial charge is 0.331 e. The number of hydrogen-bond donors (Lipinski definition) is 2. The fourth-order valence-corrected chi connectivity index (χ4v) is 1.82. The van der Waals surface area contributed by atoms with Crippen LogP contribution in [0.2, 0.25) is 0 Å². The Morgan fingerprint density at radius 1 is 1.44 bits per heavy atom. The van der Waals surface area contributed by atoms with Crippen molar-refractivity contribution in [1.29, 1.82) is 0 Å². The molecule has 1 fully saturated rings. The summed E-state index contributed by atoms with van der Waals surface area (Å²) in [5.41, 5.74) is -0.616. The van der Waals surface area contributed by atoms with Crippen molar-refractivity contribution in [1.82, 2.24) is 5.32 Å². The van der Waals surface area contributed by atoms with Crippen LogP contribution < -0.4 is 15.0 Å². The first-order valence-corrected chi connectivity index (χ1v) is 5.43. The van der Waals surface area contributed by atoms with Crippen LogP contribution in [0, 0.1) is 0 Å². The molecule has 1 saturated heterocycles. The number of methoxy groups -OCH3 is 1. The molecule has 2 rings (SSSR count). The zero-order valence-electron chi connectivity index (χ0n) is 10.1. The highest BCUT2D eigenvalue weighted by Crippen LogP contribution is 2.25. The molecule has 0 bridgehead atoms. The fourth-order valence-electron chi connectivity index (χ4n) is 1.82. The lowest BCUT2D eigenvalue weighted by Crippen LogP contribution is -2.47. The van der Waals surface area contributed by atoms with E-state index >= 15 is 0 Å². The van der Waals surface area contributed by atoms with E-state index in [9.17, 15) is 9.59 Å². The van der Waals surface area contributed by atoms with E-state index in [4.69, 9.17) is 9.84 Å². The lowest BCUT2D eigenvalue weighted by atomic mass is 10.0. The van der Waals surface area contributed by atoms with Crippen molar-refractivity contribution in [2.45, 2.75) is 12.5 Å². The first-order chi connectivity index (χ1) is 8.46. The van der Waals surface area contributed by atoms with Crippen molar-refractivity contribution in [2.24, 2.45) is 0 Å². The molecule has 0 aromatic heterocycles. The molecule has 1 aromatic carbocycles. The summed E-state index contributed by atoms with van der Waals surface area (Å²) in [5.74, 6) is -0.369. The van der Waals surface area contributed by atoms with Gasteiger partial charge < -0.3 is 15.2 Å². The van der Waals surface area contributed by atoms with E-state index in [0.717, 1.165) is 0 Å². The lowest BCUT2D eigenvalue weighted by molar-refractivity contribution is -0.142. The summed E-state index contributed by atoms with van der Waals surface area (Å²) in [6, 6.07) is 6.46. The Hall–Kier alpha value is -2.24. The number of carbonyl (C=O) groups is 2. The van der Waals surface area contributed by atoms with Gasteiger partial charge in [-0.1, -0.05) is 0 Å². The number of aliphatic carboxylic acids is 1. The molecule has 0 saturated carbocycles. The Morgan fingerprint density at radius 3 is 2.50 bits per heavy atom. The molecule has 0 spiro atoms. The second kappa shape index (κ2) is 4.21. The third-order valence-corrected chi connectivity index (χ3v) is 2.96. The van der Waals surface area contributed by atoms with Gasteiger partial charge in [-0.3, -0.25) is 4.90 Å². The number of nitrogens with one attached hydrogen (secondary N) is 1. The largest absolute Gasteiger partial charge is 0.497 e. The number of carbonyl (C=O) groups excluding carboxylic acids is 1. The monoisotopic (exact) mass is 250 g/mol. The number of anilines is 1. The number of ether oxygens (including phenoxy) is 1. The minimum atomic E-state index is -1.25. The van der Waals surface area contributed by atoms with Gasteiger partial charge >= 0.3 is 12.0 Å². The SMILES string of the molecule is COc1ccc(N2CC(C)(C(=O)O)NC2=O)cc1. The van der Waals surface area contributed by atoms with E-state index in [0.29, 0.717) is 11.4 Å². The van der Waals surface area contributed by atoms with Gasteiger partial charge in [-0.05, 0) is 31.2 Å². The van der Waals surface area contributed by atoms with Gasteiger partial charge in [-0.2, -0.15) is 0 Å². The molecule has 1 aromatic rings. The van der Waals surface area contributed by atoms with Crippen molar-refractivity contribution in [2.75, 3.05) is 18.6 Å². The van der Waals surface area contributed by atoms with Crippen LogP contribution in [0.1, 0.15) is 6.92 Å². The number of carboxylic acid groups (broad SMARTS) is 1. The van der Waals surface area contributed by atoms with Crippen LogP contribution in [0.15, 0.2) is 24.3 Å². The molecule has 1 heterocycles. The van der Waals surface area contributed by atoms with Gasteiger partial charge in [0, 0.05) is 5.69 Å². The van der Waals surface area contributed by atoms with E-state index in [-0.39, 0.29) is 6.54 Å². The summed E-state index contributed by atoms with van der Waals surface area (Å²) in [7, 11) is 1.55. The van der Waals surface area contributed by atoms with Gasteiger partial charge in [-0.15, -0.1) is 0 Å². The Bertz CT molecular complexity index is 485. The average molecular weight is 250 g/mol. The van der Waals surface area contributed by atoms with Crippen LogP contribution in [0.25, 0.3) is 0 Å². The molecule has 1 atom stereocenters. The minimum absolute atomic E-state index is 0.0908. The van der Waals surface area contributed by atoms with E-state index in [1.54, 1.807) is 31.4 Å². The van der Waals surface area contributed by atoms with Crippen LogP contribution in [-0.2, 0) is 4.79 Å². The summed E-state index contributed by atoms with van der Waals surface area (Å²) >= 11 is 0. The standard InChI is InChI=1S/C12H14N2O4/c1-12(10(15)16)7-14(11(17)13-12)8-3-5-9(18-2)6-4-8/h3-6H,7H2,1-2H3,(H,13,17)(H,15,16). The van der Waals surface area contributed by atoms with Gasteiger partial charge in [-0.25, -0.2) is 9.59 Å². The normalized spacial score (nSPS) is 22.8. The first kappa shape index (κ1) is 12.2. The van der Waals surface area contributed by atoms with E-state index < -0.39 is 17.5 Å². The Morgan fingerprint density at radius 2 is 2.06 bits per heavy atom. The van der Waals surface area contributed by atoms with E-state index in [1.807, 2.05) is 0 Å². The molecule has 6 heteroatoms. The van der Waals surface area contributed by atoms with Crippen LogP contribution in [0.4, 0.5) is 10.5 Å². The van der Waals surface area contributed by atoms with Crippen LogP contribution >= 0.6 is 0 Å². The topological polar surface area (TPSA) is 78.9 Å². The molecule has 1 aliphatic heterocycles. The first-order valence-electron chi connectivity index (χ1n) is 5.43. The molecule has 18 heavy (non-hydrogen) atoms. The molecule has 0 aliphatic carbocycles. The zero-order valence-corrected chi connectivity index (χ0v) is 10.1. The van der Waals surface area contributed by atoms with Crippen molar-refractivity contribution < 1.29 is 19.4 Å². The number of rotatable bonds is 3. The van der Waals surface area contributed by atoms with Crippen molar-refractivity contribution >= 4 is 17.7 Å². The predicted octanol–water partition coefficient (Wildman–Crippen LogP) is 1.07. The second-order valence-electron chi connectivity index (χ2n) is 4.35. The Balaban J connectivity index is 2.24. The molecule has 1 aliphatic rings. The molecule has 96 valence electrons. The third-order valence-electron chi connectivity index (χ3n) is 2.96. The molecule has 1 unspecified atom stereocenters. The molecule has 6 nitrogen and oxygen atoms in total. The van der Waals surface area contributed by atoms with Crippen LogP contribution in [-0.4, -0.2) is 36.3 Å². The summed E-state index contributed by atoms with van der Waals surface area (Å²) in [6.07, 6.45) is 0. The summed E-state index contributed by atoms with van der Waals surface area (Å²) in [6.45, 7) is 1.57. The molecular weight excluding hydrogens is 236 g/mol. The number of hydrogen-bond acceptors (Lipinski definition) is 3. The van der Waals surface area contributed by atoms with Gasteiger partial charge in [0.15, 0.2) is 5.54 Å². The Kier molecular flexibility index (Phi) is 2.86. The molecule has 2 N–H and O–H groups in total. The lowest BCUT2D eigenvalue weighted by Gasteiger charge is -2.18. The highest BCUT2D eigenvalue weighted by molar-refractivity contribution is 6.00. The average Bonchev–Trinajstić information content (AvgIpc) is 2.66. The fraction of sp³-hybridized carbons (Fsp3) is 0.333. The maximum absolute atomic E-state index is 11.8. The van der Waals surface area contributed by atoms with Crippen molar-refractivity contribution in [3.63, 3.8) is 0 Å². The zero-order chi connectivity index (χ0) is 13.3. The van der Waals surface area contributed by atoms with Crippen LogP contribution in [0.3, 0.4) is 0 Å². The quantitative estimate of drug-likeness (QED) is 0.841. The number of nitrogens with zero attached hydrogens (tertiary/aromatic N) is 1. The van der Waals surface area contributed by atoms with Crippen molar-refractivity contribution in [3.8, 4) is 5.75 Å². The maximum Gasteiger partial charge on any atom is 0.331 e. The molecule has 0 radical (unpaired) electrons. The highest BCUT2D eigenvalue weighted by atomic mass is 16.5.